The molecule has 0 spiro atoms. The van der Waals surface area contributed by atoms with Crippen LogP contribution < -0.4 is 31.1 Å². The van der Waals surface area contributed by atoms with E-state index < -0.39 is 0 Å². The van der Waals surface area contributed by atoms with Gasteiger partial charge in [-0.15, -0.1) is 0 Å². The lowest BCUT2D eigenvalue weighted by Crippen LogP contribution is -2.64. The van der Waals surface area contributed by atoms with Crippen LogP contribution in [-0.4, -0.2) is 12.3 Å². The second kappa shape index (κ2) is 14.6. The largest absolute Gasteiger partial charge is 0.335 e. The highest BCUT2D eigenvalue weighted by Crippen LogP contribution is 2.62. The molecule has 3 heterocycles. The maximum Gasteiger partial charge on any atom is 0.252 e. The number of anilines is 8. The molecular formula is C68H72BN3. The van der Waals surface area contributed by atoms with Crippen molar-refractivity contribution < 1.29 is 0 Å². The number of rotatable bonds is 4. The molecule has 4 aliphatic carbocycles. The van der Waals surface area contributed by atoms with Crippen molar-refractivity contribution in [3.8, 4) is 11.1 Å². The molecule has 7 aliphatic rings. The standard InChI is InChI=1S/C68H72BN3/c1-42-35-59-61-60(36-42)72-62-53(67(10)29-14-15-30-68(67,72)11)19-16-20-57(62)69(61)56-28-25-48(41-58(56)71(59)45-22-21-44-37-43-17-12-13-18-49(43)50(44)38-45)70(46-23-26-51-54(39-46)65(6,7)33-31-63(51,2)3)47-24-27-52-55(40-47)66(8,9)34-32-64(52,4)5/h12-13,16-28,35-36,38-41H,14-15,29-34,37H2,1-11H3. The van der Waals surface area contributed by atoms with Crippen molar-refractivity contribution in [3.63, 3.8) is 0 Å². The van der Waals surface area contributed by atoms with E-state index in [0.29, 0.717) is 0 Å². The summed E-state index contributed by atoms with van der Waals surface area (Å²) in [6, 6.07) is 51.5. The zero-order valence-electron chi connectivity index (χ0n) is 44.9. The third-order valence-electron chi connectivity index (χ3n) is 20.6. The molecule has 3 nitrogen and oxygen atoms in total. The van der Waals surface area contributed by atoms with E-state index in [1.165, 1.54) is 163 Å². The van der Waals surface area contributed by atoms with E-state index in [1.54, 1.807) is 5.56 Å². The summed E-state index contributed by atoms with van der Waals surface area (Å²) in [6.07, 6.45) is 10.7. The molecule has 72 heavy (non-hydrogen) atoms. The number of nitrogens with zero attached hydrogens (tertiary/aromatic N) is 3. The fourth-order valence-corrected chi connectivity index (χ4v) is 15.9. The van der Waals surface area contributed by atoms with Crippen LogP contribution in [0.15, 0.2) is 127 Å². The number of para-hydroxylation sites is 1. The molecule has 362 valence electrons. The highest BCUT2D eigenvalue weighted by molar-refractivity contribution is 7.00. The Morgan fingerprint density at radius 2 is 1.06 bits per heavy atom. The van der Waals surface area contributed by atoms with Crippen LogP contribution >= 0.6 is 0 Å². The monoisotopic (exact) mass is 942 g/mol. The second-order valence-corrected chi connectivity index (χ2v) is 26.6. The molecule has 0 amide bonds. The molecule has 0 saturated heterocycles. The lowest BCUT2D eigenvalue weighted by molar-refractivity contribution is 0.195. The minimum Gasteiger partial charge on any atom is -0.335 e. The van der Waals surface area contributed by atoms with Crippen molar-refractivity contribution in [3.05, 3.63) is 172 Å². The van der Waals surface area contributed by atoms with Gasteiger partial charge in [-0.3, -0.25) is 0 Å². The Morgan fingerprint density at radius 1 is 0.458 bits per heavy atom. The van der Waals surface area contributed by atoms with Gasteiger partial charge in [-0.1, -0.05) is 142 Å². The highest BCUT2D eigenvalue weighted by atomic mass is 15.3. The van der Waals surface area contributed by atoms with Gasteiger partial charge in [-0.2, -0.15) is 0 Å². The van der Waals surface area contributed by atoms with Gasteiger partial charge in [0.2, 0.25) is 0 Å². The molecule has 2 unspecified atom stereocenters. The number of hydrogen-bond acceptors (Lipinski definition) is 3. The second-order valence-electron chi connectivity index (χ2n) is 26.6. The molecule has 2 atom stereocenters. The third-order valence-corrected chi connectivity index (χ3v) is 20.6. The summed E-state index contributed by atoms with van der Waals surface area (Å²) in [5, 5.41) is 0. The van der Waals surface area contributed by atoms with E-state index in [-0.39, 0.29) is 39.3 Å². The fourth-order valence-electron chi connectivity index (χ4n) is 15.9. The van der Waals surface area contributed by atoms with Gasteiger partial charge in [0.1, 0.15) is 0 Å². The summed E-state index contributed by atoms with van der Waals surface area (Å²) in [5.74, 6) is 0. The van der Waals surface area contributed by atoms with Crippen molar-refractivity contribution >= 4 is 68.6 Å². The number of hydrogen-bond donors (Lipinski definition) is 0. The van der Waals surface area contributed by atoms with Crippen LogP contribution in [0.2, 0.25) is 0 Å². The minimum atomic E-state index is -0.0136. The van der Waals surface area contributed by atoms with Crippen LogP contribution in [0.1, 0.15) is 165 Å². The number of aryl methyl sites for hydroxylation is 1. The van der Waals surface area contributed by atoms with E-state index in [9.17, 15) is 0 Å². The van der Waals surface area contributed by atoms with Gasteiger partial charge in [-0.25, -0.2) is 0 Å². The zero-order valence-corrected chi connectivity index (χ0v) is 44.9. The van der Waals surface area contributed by atoms with Gasteiger partial charge < -0.3 is 14.7 Å². The summed E-state index contributed by atoms with van der Waals surface area (Å²) in [6.45, 7) is 27.3. The van der Waals surface area contributed by atoms with E-state index in [2.05, 4.69) is 218 Å². The van der Waals surface area contributed by atoms with E-state index in [0.717, 1.165) is 6.42 Å². The number of fused-ring (bicyclic) bond motifs is 12. The van der Waals surface area contributed by atoms with Crippen molar-refractivity contribution in [2.45, 2.75) is 167 Å². The molecule has 3 aliphatic heterocycles. The first kappa shape index (κ1) is 44.7. The zero-order chi connectivity index (χ0) is 49.6. The third kappa shape index (κ3) is 5.93. The van der Waals surface area contributed by atoms with Gasteiger partial charge in [0.15, 0.2) is 0 Å². The molecule has 0 bridgehead atoms. The maximum absolute atomic E-state index is 2.87. The van der Waals surface area contributed by atoms with Crippen LogP contribution in [0.5, 0.6) is 0 Å². The van der Waals surface area contributed by atoms with E-state index in [1.807, 2.05) is 0 Å². The van der Waals surface area contributed by atoms with Crippen LogP contribution in [0.3, 0.4) is 0 Å². The van der Waals surface area contributed by atoms with E-state index in [4.69, 9.17) is 0 Å². The van der Waals surface area contributed by atoms with Crippen LogP contribution in [0.4, 0.5) is 45.5 Å². The Kier molecular flexibility index (Phi) is 9.07. The fraction of sp³-hybridized carbons (Fsp3) is 0.382. The average Bonchev–Trinajstić information content (AvgIpc) is 3.83. The molecular weight excluding hydrogens is 870 g/mol. The molecule has 0 N–H and O–H groups in total. The quantitative estimate of drug-likeness (QED) is 0.163. The molecule has 1 saturated carbocycles. The first-order chi connectivity index (χ1) is 34.3. The van der Waals surface area contributed by atoms with Crippen molar-refractivity contribution in [2.24, 2.45) is 0 Å². The van der Waals surface area contributed by atoms with E-state index >= 15 is 0 Å². The number of benzene rings is 7. The van der Waals surface area contributed by atoms with Crippen LogP contribution in [-0.2, 0) is 33.5 Å². The summed E-state index contributed by atoms with van der Waals surface area (Å²) >= 11 is 0. The minimum absolute atomic E-state index is 0.0136. The first-order valence-electron chi connectivity index (χ1n) is 27.6. The van der Waals surface area contributed by atoms with Crippen molar-refractivity contribution in [1.82, 2.24) is 0 Å². The molecule has 14 rings (SSSR count). The molecule has 0 radical (unpaired) electrons. The summed E-state index contributed by atoms with van der Waals surface area (Å²) in [5.41, 5.74) is 29.6. The Balaban J connectivity index is 1.04. The summed E-state index contributed by atoms with van der Waals surface area (Å²) in [4.78, 5) is 8.18. The maximum atomic E-state index is 2.87. The normalized spacial score (nSPS) is 23.5. The van der Waals surface area contributed by atoms with Gasteiger partial charge in [-0.05, 0) is 213 Å². The average molecular weight is 942 g/mol. The van der Waals surface area contributed by atoms with Crippen LogP contribution in [0.25, 0.3) is 11.1 Å². The SMILES string of the molecule is Cc1cc2c3c(c1)N1c4c(cccc4C4(C)CCCCC14C)B3c1ccc(N(c3ccc4c(c3)C(C)(C)CCC4(C)C)c3ccc4c(c3)C(C)(C)CCC4(C)C)cc1N2c1ccc2c(c1)-c1ccccc1C2. The first-order valence-corrected chi connectivity index (χ1v) is 27.6. The molecule has 0 aromatic heterocycles. The Bertz CT molecular complexity index is 3420. The van der Waals surface area contributed by atoms with Gasteiger partial charge in [0.25, 0.3) is 6.71 Å². The summed E-state index contributed by atoms with van der Waals surface area (Å²) in [7, 11) is 0. The Hall–Kier alpha value is -6.00. The molecule has 7 aromatic carbocycles. The predicted octanol–water partition coefficient (Wildman–Crippen LogP) is 16.1. The van der Waals surface area contributed by atoms with Gasteiger partial charge >= 0.3 is 0 Å². The summed E-state index contributed by atoms with van der Waals surface area (Å²) < 4.78 is 0. The molecule has 7 aromatic rings. The molecule has 1 fully saturated rings. The van der Waals surface area contributed by atoms with Gasteiger partial charge in [0, 0.05) is 50.9 Å². The van der Waals surface area contributed by atoms with Crippen LogP contribution in [0, 0.1) is 6.92 Å². The molecule has 4 heteroatoms. The smallest absolute Gasteiger partial charge is 0.252 e. The lowest BCUT2D eigenvalue weighted by Gasteiger charge is -2.53. The topological polar surface area (TPSA) is 9.72 Å². The van der Waals surface area contributed by atoms with Crippen molar-refractivity contribution in [2.75, 3.05) is 14.7 Å². The lowest BCUT2D eigenvalue weighted by atomic mass is 9.33. The Labute approximate surface area is 430 Å². The highest BCUT2D eigenvalue weighted by Gasteiger charge is 2.61. The Morgan fingerprint density at radius 3 is 1.75 bits per heavy atom. The van der Waals surface area contributed by atoms with Gasteiger partial charge in [0.05, 0.1) is 5.54 Å². The predicted molar refractivity (Wildman–Crippen MR) is 307 cm³/mol. The van der Waals surface area contributed by atoms with Crippen molar-refractivity contribution in [1.29, 1.82) is 0 Å².